The zero-order valence-electron chi connectivity index (χ0n) is 17.9. The summed E-state index contributed by atoms with van der Waals surface area (Å²) in [4.78, 5) is 32.7. The third-order valence-corrected chi connectivity index (χ3v) is 5.54. The Labute approximate surface area is 191 Å². The highest BCUT2D eigenvalue weighted by Gasteiger charge is 2.28. The van der Waals surface area contributed by atoms with Crippen LogP contribution in [0.15, 0.2) is 36.7 Å². The molecule has 1 aromatic carbocycles. The fourth-order valence-corrected chi connectivity index (χ4v) is 3.69. The van der Waals surface area contributed by atoms with Crippen molar-refractivity contribution in [3.8, 4) is 0 Å². The second-order valence-electron chi connectivity index (χ2n) is 7.40. The first-order valence-electron chi connectivity index (χ1n) is 10.5. The van der Waals surface area contributed by atoms with Gasteiger partial charge in [0.25, 0.3) is 0 Å². The quantitative estimate of drug-likeness (QED) is 0.239. The van der Waals surface area contributed by atoms with Gasteiger partial charge in [-0.05, 0) is 42.5 Å². The van der Waals surface area contributed by atoms with E-state index in [0.717, 1.165) is 24.8 Å². The fraction of sp³-hybridized carbons (Fsp3) is 0.409. The van der Waals surface area contributed by atoms with Crippen LogP contribution in [0.5, 0.6) is 0 Å². The van der Waals surface area contributed by atoms with Gasteiger partial charge < -0.3 is 15.0 Å². The lowest BCUT2D eigenvalue weighted by molar-refractivity contribution is -0.383. The lowest BCUT2D eigenvalue weighted by Gasteiger charge is -2.27. The molecule has 0 radical (unpaired) electrons. The topological polar surface area (TPSA) is 110 Å². The minimum absolute atomic E-state index is 0.120. The van der Waals surface area contributed by atoms with Gasteiger partial charge >= 0.3 is 11.7 Å². The smallest absolute Gasteiger partial charge is 0.353 e. The highest BCUT2D eigenvalue weighted by Crippen LogP contribution is 2.34. The van der Waals surface area contributed by atoms with E-state index in [2.05, 4.69) is 26.1 Å². The number of anilines is 2. The maximum atomic E-state index is 11.8. The van der Waals surface area contributed by atoms with E-state index in [-0.39, 0.29) is 17.5 Å². The van der Waals surface area contributed by atoms with Crippen LogP contribution >= 0.6 is 11.6 Å². The molecule has 1 aliphatic rings. The summed E-state index contributed by atoms with van der Waals surface area (Å²) in [6.45, 7) is 1.64. The van der Waals surface area contributed by atoms with Gasteiger partial charge in [-0.2, -0.15) is 0 Å². The number of carbonyl (C=O) groups is 1. The van der Waals surface area contributed by atoms with E-state index in [1.807, 2.05) is 29.2 Å². The lowest BCUT2D eigenvalue weighted by atomic mass is 9.99. The molecule has 0 aliphatic carbocycles. The summed E-state index contributed by atoms with van der Waals surface area (Å²) < 4.78 is 4.61. The van der Waals surface area contributed by atoms with Crippen LogP contribution in [-0.4, -0.2) is 47.6 Å². The monoisotopic (exact) mass is 459 g/mol. The number of aromatic nitrogens is 2. The van der Waals surface area contributed by atoms with Crippen molar-refractivity contribution in [1.29, 1.82) is 0 Å². The highest BCUT2D eigenvalue weighted by molar-refractivity contribution is 6.30. The maximum absolute atomic E-state index is 11.8. The number of nitrogens with zero attached hydrogens (tertiary/aromatic N) is 4. The summed E-state index contributed by atoms with van der Waals surface area (Å²) in [5, 5.41) is 15.6. The van der Waals surface area contributed by atoms with Crippen LogP contribution < -0.4 is 10.2 Å². The number of halogens is 1. The van der Waals surface area contributed by atoms with Crippen LogP contribution in [0.2, 0.25) is 5.02 Å². The number of nitrogens with one attached hydrogen (secondary N) is 1. The van der Waals surface area contributed by atoms with E-state index in [1.54, 1.807) is 0 Å². The molecule has 1 aliphatic heterocycles. The number of unbranched alkanes of at least 4 members (excludes halogenated alkanes) is 2. The van der Waals surface area contributed by atoms with Crippen molar-refractivity contribution in [1.82, 2.24) is 9.97 Å². The zero-order chi connectivity index (χ0) is 22.9. The average Bonchev–Trinajstić information content (AvgIpc) is 2.81. The van der Waals surface area contributed by atoms with Crippen molar-refractivity contribution in [3.63, 3.8) is 0 Å². The van der Waals surface area contributed by atoms with Crippen molar-refractivity contribution in [2.75, 3.05) is 37.0 Å². The Morgan fingerprint density at radius 3 is 2.69 bits per heavy atom. The molecule has 1 N–H and O–H groups in total. The molecular formula is C22H26ClN5O4. The number of ether oxygens (including phenoxy) is 1. The zero-order valence-corrected chi connectivity index (χ0v) is 18.7. The van der Waals surface area contributed by atoms with Gasteiger partial charge in [-0.25, -0.2) is 9.97 Å². The second kappa shape index (κ2) is 11.4. The van der Waals surface area contributed by atoms with Crippen LogP contribution in [-0.2, 0) is 9.53 Å². The summed E-state index contributed by atoms with van der Waals surface area (Å²) in [5.41, 5.74) is 2.16. The number of rotatable bonds is 10. The van der Waals surface area contributed by atoms with E-state index < -0.39 is 4.92 Å². The van der Waals surface area contributed by atoms with Crippen molar-refractivity contribution in [2.45, 2.75) is 32.1 Å². The van der Waals surface area contributed by atoms with Crippen molar-refractivity contribution in [3.05, 3.63) is 57.4 Å². The molecule has 0 atom stereocenters. The molecule has 3 rings (SSSR count). The first-order valence-corrected chi connectivity index (χ1v) is 10.9. The van der Waals surface area contributed by atoms with Gasteiger partial charge in [-0.3, -0.25) is 14.9 Å². The number of esters is 1. The van der Waals surface area contributed by atoms with Gasteiger partial charge in [0.15, 0.2) is 0 Å². The molecule has 0 saturated carbocycles. The van der Waals surface area contributed by atoms with Crippen molar-refractivity contribution < 1.29 is 14.5 Å². The normalized spacial score (nSPS) is 13.4. The Morgan fingerprint density at radius 2 is 2.03 bits per heavy atom. The maximum Gasteiger partial charge on any atom is 0.353 e. The van der Waals surface area contributed by atoms with E-state index in [9.17, 15) is 14.9 Å². The third-order valence-electron chi connectivity index (χ3n) is 5.29. The van der Waals surface area contributed by atoms with Gasteiger partial charge in [-0.15, -0.1) is 0 Å². The Bertz CT molecular complexity index is 981. The van der Waals surface area contributed by atoms with Crippen LogP contribution in [0.4, 0.5) is 17.3 Å². The number of hydrogen-bond donors (Lipinski definition) is 1. The first kappa shape index (κ1) is 23.5. The molecule has 32 heavy (non-hydrogen) atoms. The molecule has 0 spiro atoms. The molecule has 9 nitrogen and oxygen atoms in total. The second-order valence-corrected chi connectivity index (χ2v) is 7.83. The molecule has 2 aromatic rings. The molecule has 1 aromatic heterocycles. The van der Waals surface area contributed by atoms with E-state index in [4.69, 9.17) is 11.6 Å². The summed E-state index contributed by atoms with van der Waals surface area (Å²) in [6.07, 6.45) is 6.79. The average molecular weight is 460 g/mol. The predicted molar refractivity (Wildman–Crippen MR) is 124 cm³/mol. The summed E-state index contributed by atoms with van der Waals surface area (Å²) in [7, 11) is 1.37. The van der Waals surface area contributed by atoms with Gasteiger partial charge in [-0.1, -0.05) is 36.2 Å². The Morgan fingerprint density at radius 1 is 1.25 bits per heavy atom. The van der Waals surface area contributed by atoms with Gasteiger partial charge in [0.1, 0.15) is 6.33 Å². The number of methoxy groups -OCH3 is 1. The van der Waals surface area contributed by atoms with Crippen LogP contribution in [0.25, 0.3) is 5.57 Å². The molecule has 10 heteroatoms. The van der Waals surface area contributed by atoms with Crippen LogP contribution in [0, 0.1) is 10.1 Å². The fourth-order valence-electron chi connectivity index (χ4n) is 3.57. The van der Waals surface area contributed by atoms with Crippen LogP contribution in [0.3, 0.4) is 0 Å². The Balaban J connectivity index is 1.64. The molecule has 0 unspecified atom stereocenters. The molecule has 0 bridgehead atoms. The Hall–Kier alpha value is -3.20. The number of nitro groups is 1. The number of carbonyl (C=O) groups excluding carboxylic acids is 1. The van der Waals surface area contributed by atoms with Gasteiger partial charge in [0.2, 0.25) is 11.6 Å². The predicted octanol–water partition coefficient (Wildman–Crippen LogP) is 4.48. The summed E-state index contributed by atoms with van der Waals surface area (Å²) in [5.74, 6) is 0.286. The summed E-state index contributed by atoms with van der Waals surface area (Å²) >= 11 is 5.97. The number of hydrogen-bond acceptors (Lipinski definition) is 8. The number of benzene rings is 1. The van der Waals surface area contributed by atoms with Crippen LogP contribution in [0.1, 0.15) is 37.7 Å². The minimum atomic E-state index is -0.437. The van der Waals surface area contributed by atoms with Crippen molar-refractivity contribution in [2.24, 2.45) is 0 Å². The third kappa shape index (κ3) is 6.16. The standard InChI is InChI=1S/C22H26ClN5O4/c1-32-19(29)5-3-2-4-12-24-21-20(28(30)31)22(26-15-25-21)27-13-10-17(11-14-27)16-6-8-18(23)9-7-16/h6-10,15H,2-5,11-14H2,1H3,(H,24,25,26). The molecule has 0 fully saturated rings. The van der Waals surface area contributed by atoms with Gasteiger partial charge in [0, 0.05) is 31.1 Å². The molecule has 0 saturated heterocycles. The minimum Gasteiger partial charge on any atom is -0.469 e. The first-order chi connectivity index (χ1) is 15.5. The SMILES string of the molecule is COC(=O)CCCCCNc1ncnc(N2CC=C(c3ccc(Cl)cc3)CC2)c1[N+](=O)[O-]. The highest BCUT2D eigenvalue weighted by atomic mass is 35.5. The largest absolute Gasteiger partial charge is 0.469 e. The van der Waals surface area contributed by atoms with Crippen molar-refractivity contribution >= 4 is 40.5 Å². The van der Waals surface area contributed by atoms with Gasteiger partial charge in [0.05, 0.1) is 12.0 Å². The van der Waals surface area contributed by atoms with E-state index >= 15 is 0 Å². The van der Waals surface area contributed by atoms with E-state index in [0.29, 0.717) is 43.3 Å². The molecule has 2 heterocycles. The van der Waals surface area contributed by atoms with E-state index in [1.165, 1.54) is 19.0 Å². The molecule has 170 valence electrons. The Kier molecular flexibility index (Phi) is 8.38. The molecular weight excluding hydrogens is 434 g/mol. The summed E-state index contributed by atoms with van der Waals surface area (Å²) in [6, 6.07) is 7.66. The lowest BCUT2D eigenvalue weighted by Crippen LogP contribution is -2.30. The molecule has 0 amide bonds.